The molecule has 2 aromatic heterocycles. The first-order chi connectivity index (χ1) is 10.8. The minimum absolute atomic E-state index is 0.116. The molecule has 2 fully saturated rings. The molecule has 7 heteroatoms. The van der Waals surface area contributed by atoms with E-state index in [2.05, 4.69) is 26.2 Å². The zero-order valence-electron chi connectivity index (χ0n) is 12.6. The van der Waals surface area contributed by atoms with Gasteiger partial charge in [0.1, 0.15) is 0 Å². The summed E-state index contributed by atoms with van der Waals surface area (Å²) in [5, 5.41) is 17.7. The van der Waals surface area contributed by atoms with Crippen molar-refractivity contribution in [1.29, 1.82) is 0 Å². The third-order valence-corrected chi connectivity index (χ3v) is 4.47. The zero-order valence-corrected chi connectivity index (χ0v) is 12.6. The molecule has 3 heterocycles. The summed E-state index contributed by atoms with van der Waals surface area (Å²) in [6.07, 6.45) is 6.51. The lowest BCUT2D eigenvalue weighted by Gasteiger charge is -2.30. The van der Waals surface area contributed by atoms with Gasteiger partial charge < -0.3 is 14.5 Å². The van der Waals surface area contributed by atoms with Gasteiger partial charge in [0.05, 0.1) is 18.8 Å². The molecule has 4 rings (SSSR count). The van der Waals surface area contributed by atoms with Gasteiger partial charge in [0.2, 0.25) is 5.89 Å². The highest BCUT2D eigenvalue weighted by Gasteiger charge is 2.31. The lowest BCUT2D eigenvalue weighted by atomic mass is 9.95. The Morgan fingerprint density at radius 3 is 3.00 bits per heavy atom. The van der Waals surface area contributed by atoms with E-state index in [0.29, 0.717) is 18.4 Å². The van der Waals surface area contributed by atoms with Gasteiger partial charge in [-0.3, -0.25) is 4.68 Å². The van der Waals surface area contributed by atoms with Crippen molar-refractivity contribution in [2.24, 2.45) is 0 Å². The van der Waals surface area contributed by atoms with E-state index in [0.717, 1.165) is 43.5 Å². The second-order valence-electron chi connectivity index (χ2n) is 6.22. The number of rotatable bonds is 5. The first kappa shape index (κ1) is 13.8. The molecular formula is C15H21N5O2. The molecule has 2 aromatic rings. The van der Waals surface area contributed by atoms with Crippen molar-refractivity contribution in [1.82, 2.24) is 19.9 Å². The van der Waals surface area contributed by atoms with Crippen LogP contribution in [-0.2, 0) is 6.54 Å². The molecule has 1 saturated heterocycles. The van der Waals surface area contributed by atoms with Crippen LogP contribution in [0.5, 0.6) is 0 Å². The van der Waals surface area contributed by atoms with E-state index in [4.69, 9.17) is 9.63 Å². The fraction of sp³-hybridized carbons (Fsp3) is 0.667. The maximum atomic E-state index is 8.99. The highest BCUT2D eigenvalue weighted by Crippen LogP contribution is 2.39. The predicted octanol–water partition coefficient (Wildman–Crippen LogP) is 1.52. The van der Waals surface area contributed by atoms with Crippen molar-refractivity contribution >= 4 is 5.95 Å². The summed E-state index contributed by atoms with van der Waals surface area (Å²) in [7, 11) is 0. The Morgan fingerprint density at radius 2 is 2.18 bits per heavy atom. The molecule has 7 nitrogen and oxygen atoms in total. The molecule has 0 unspecified atom stereocenters. The Morgan fingerprint density at radius 1 is 1.27 bits per heavy atom. The third-order valence-electron chi connectivity index (χ3n) is 4.47. The van der Waals surface area contributed by atoms with Crippen molar-refractivity contribution in [3.63, 3.8) is 0 Å². The van der Waals surface area contributed by atoms with Crippen LogP contribution in [0.25, 0.3) is 0 Å². The number of piperidine rings is 1. The summed E-state index contributed by atoms with van der Waals surface area (Å²) in [5.74, 6) is 2.40. The van der Waals surface area contributed by atoms with E-state index in [1.165, 1.54) is 12.8 Å². The fourth-order valence-corrected chi connectivity index (χ4v) is 3.07. The van der Waals surface area contributed by atoms with Crippen molar-refractivity contribution < 1.29 is 9.63 Å². The minimum Gasteiger partial charge on any atom is -0.394 e. The van der Waals surface area contributed by atoms with Gasteiger partial charge in [-0.1, -0.05) is 0 Å². The van der Waals surface area contributed by atoms with Crippen LogP contribution in [0.4, 0.5) is 5.95 Å². The lowest BCUT2D eigenvalue weighted by Crippen LogP contribution is -2.35. The van der Waals surface area contributed by atoms with Crippen LogP contribution in [0.2, 0.25) is 0 Å². The molecular weight excluding hydrogens is 282 g/mol. The predicted molar refractivity (Wildman–Crippen MR) is 79.8 cm³/mol. The lowest BCUT2D eigenvalue weighted by molar-refractivity contribution is 0.268. The van der Waals surface area contributed by atoms with Gasteiger partial charge in [0.25, 0.3) is 5.95 Å². The highest BCUT2D eigenvalue weighted by molar-refractivity contribution is 5.31. The van der Waals surface area contributed by atoms with Crippen LogP contribution in [0, 0.1) is 0 Å². The Hall–Kier alpha value is -1.89. The molecule has 0 radical (unpaired) electrons. The van der Waals surface area contributed by atoms with Gasteiger partial charge in [-0.05, 0) is 36.9 Å². The van der Waals surface area contributed by atoms with Crippen LogP contribution in [0.3, 0.4) is 0 Å². The molecule has 1 saturated carbocycles. The van der Waals surface area contributed by atoms with Crippen LogP contribution >= 0.6 is 0 Å². The first-order valence-electron chi connectivity index (χ1n) is 8.06. The van der Waals surface area contributed by atoms with Gasteiger partial charge >= 0.3 is 0 Å². The number of hydrogen-bond acceptors (Lipinski definition) is 6. The molecule has 1 aliphatic carbocycles. The smallest absolute Gasteiger partial charge is 0.266 e. The van der Waals surface area contributed by atoms with E-state index in [1.807, 2.05) is 6.20 Å². The topological polar surface area (TPSA) is 80.2 Å². The third kappa shape index (κ3) is 2.72. The van der Waals surface area contributed by atoms with E-state index in [1.54, 1.807) is 4.68 Å². The second-order valence-corrected chi connectivity index (χ2v) is 6.22. The van der Waals surface area contributed by atoms with Crippen LogP contribution in [0.15, 0.2) is 16.8 Å². The maximum absolute atomic E-state index is 8.99. The molecule has 22 heavy (non-hydrogen) atoms. The summed E-state index contributed by atoms with van der Waals surface area (Å²) in [6.45, 7) is 2.51. The second kappa shape index (κ2) is 5.72. The van der Waals surface area contributed by atoms with Gasteiger partial charge in [-0.15, -0.1) is 0 Å². The molecule has 0 amide bonds. The molecule has 0 bridgehead atoms. The standard InChI is InChI=1S/C15H21N5O2/c21-9-8-20-7-5-13(17-20)12-2-1-6-19(10-12)15-16-14(22-18-15)11-3-4-11/h5,7,11-12,21H,1-4,6,8-10H2/t12-/m0/s1. The fourth-order valence-electron chi connectivity index (χ4n) is 3.07. The van der Waals surface area contributed by atoms with E-state index in [-0.39, 0.29) is 6.61 Å². The summed E-state index contributed by atoms with van der Waals surface area (Å²) in [6, 6.07) is 2.05. The highest BCUT2D eigenvalue weighted by atomic mass is 16.5. The van der Waals surface area contributed by atoms with E-state index in [9.17, 15) is 0 Å². The molecule has 0 aromatic carbocycles. The van der Waals surface area contributed by atoms with E-state index >= 15 is 0 Å². The number of aliphatic hydroxyl groups excluding tert-OH is 1. The SMILES string of the molecule is OCCn1ccc([C@H]2CCCN(c3noc(C4CC4)n3)C2)n1. The Kier molecular flexibility index (Phi) is 3.57. The van der Waals surface area contributed by atoms with Gasteiger partial charge in [-0.25, -0.2) is 0 Å². The summed E-state index contributed by atoms with van der Waals surface area (Å²) in [4.78, 5) is 6.75. The molecule has 1 aliphatic heterocycles. The van der Waals surface area contributed by atoms with Gasteiger partial charge in [0, 0.05) is 31.1 Å². The normalized spacial score (nSPS) is 22.2. The quantitative estimate of drug-likeness (QED) is 0.902. The number of anilines is 1. The zero-order chi connectivity index (χ0) is 14.9. The van der Waals surface area contributed by atoms with Crippen LogP contribution in [0.1, 0.15) is 49.1 Å². The van der Waals surface area contributed by atoms with Crippen molar-refractivity contribution in [2.75, 3.05) is 24.6 Å². The number of nitrogens with zero attached hydrogens (tertiary/aromatic N) is 5. The molecule has 118 valence electrons. The maximum Gasteiger partial charge on any atom is 0.266 e. The number of hydrogen-bond donors (Lipinski definition) is 1. The monoisotopic (exact) mass is 303 g/mol. The summed E-state index contributed by atoms with van der Waals surface area (Å²) in [5.41, 5.74) is 1.09. The van der Waals surface area contributed by atoms with Crippen LogP contribution in [-0.4, -0.2) is 44.7 Å². The summed E-state index contributed by atoms with van der Waals surface area (Å²) >= 11 is 0. The van der Waals surface area contributed by atoms with Gasteiger partial charge in [-0.2, -0.15) is 10.1 Å². The molecule has 0 spiro atoms. The largest absolute Gasteiger partial charge is 0.394 e. The Labute approximate surface area is 128 Å². The van der Waals surface area contributed by atoms with Crippen molar-refractivity contribution in [2.45, 2.75) is 44.1 Å². The minimum atomic E-state index is 0.116. The number of aromatic nitrogens is 4. The Bertz CT molecular complexity index is 633. The Balaban J connectivity index is 1.45. The van der Waals surface area contributed by atoms with E-state index < -0.39 is 0 Å². The first-order valence-corrected chi connectivity index (χ1v) is 8.06. The van der Waals surface area contributed by atoms with Crippen molar-refractivity contribution in [3.05, 3.63) is 23.8 Å². The van der Waals surface area contributed by atoms with Crippen LogP contribution < -0.4 is 4.90 Å². The number of aliphatic hydroxyl groups is 1. The molecule has 2 aliphatic rings. The average Bonchev–Trinajstić information content (AvgIpc) is 3.10. The van der Waals surface area contributed by atoms with Gasteiger partial charge in [0.15, 0.2) is 0 Å². The molecule has 1 N–H and O–H groups in total. The van der Waals surface area contributed by atoms with Crippen molar-refractivity contribution in [3.8, 4) is 0 Å². The summed E-state index contributed by atoms with van der Waals surface area (Å²) < 4.78 is 7.17. The molecule has 1 atom stereocenters. The average molecular weight is 303 g/mol.